The molecule has 1 fully saturated rings. The van der Waals surface area contributed by atoms with Gasteiger partial charge in [0.15, 0.2) is 0 Å². The number of rotatable bonds is 4. The van der Waals surface area contributed by atoms with E-state index in [9.17, 15) is 9.59 Å². The predicted molar refractivity (Wildman–Crippen MR) is 78.2 cm³/mol. The molecule has 0 aliphatic carbocycles. The Bertz CT molecular complexity index is 604. The molecule has 1 aromatic carbocycles. The topological polar surface area (TPSA) is 64.4 Å². The zero-order chi connectivity index (χ0) is 15.4. The monoisotopic (exact) mass is 285 g/mol. The number of piperazine rings is 1. The third-order valence-electron chi connectivity index (χ3n) is 3.72. The fourth-order valence-electron chi connectivity index (χ4n) is 2.50. The molecule has 1 saturated heterocycles. The lowest BCUT2D eigenvalue weighted by molar-refractivity contribution is -0.156. The van der Waals surface area contributed by atoms with Crippen LogP contribution in [0, 0.1) is 18.3 Å². The van der Waals surface area contributed by atoms with E-state index < -0.39 is 11.8 Å². The Kier molecular flexibility index (Phi) is 4.59. The smallest absolute Gasteiger partial charge is 0.312 e. The molecule has 0 aromatic heterocycles. The molecule has 1 aliphatic heterocycles. The van der Waals surface area contributed by atoms with Crippen molar-refractivity contribution in [2.45, 2.75) is 26.8 Å². The van der Waals surface area contributed by atoms with E-state index in [1.54, 1.807) is 21.9 Å². The van der Waals surface area contributed by atoms with Crippen molar-refractivity contribution in [1.82, 2.24) is 9.80 Å². The normalized spacial score (nSPS) is 15.3. The predicted octanol–water partition coefficient (Wildman–Crippen LogP) is 1.45. The maximum absolute atomic E-state index is 12.1. The van der Waals surface area contributed by atoms with Crippen LogP contribution in [0.25, 0.3) is 0 Å². The van der Waals surface area contributed by atoms with Crippen molar-refractivity contribution in [1.29, 1.82) is 5.26 Å². The van der Waals surface area contributed by atoms with Gasteiger partial charge in [-0.2, -0.15) is 5.26 Å². The van der Waals surface area contributed by atoms with Crippen LogP contribution in [0.5, 0.6) is 0 Å². The largest absolute Gasteiger partial charge is 0.333 e. The van der Waals surface area contributed by atoms with Crippen LogP contribution in [0.15, 0.2) is 18.2 Å². The van der Waals surface area contributed by atoms with E-state index in [-0.39, 0.29) is 0 Å². The first-order valence-electron chi connectivity index (χ1n) is 7.14. The number of nitrogens with zero attached hydrogens (tertiary/aromatic N) is 3. The van der Waals surface area contributed by atoms with Gasteiger partial charge in [0.25, 0.3) is 0 Å². The van der Waals surface area contributed by atoms with Crippen LogP contribution in [-0.2, 0) is 16.1 Å². The van der Waals surface area contributed by atoms with Gasteiger partial charge in [0.1, 0.15) is 0 Å². The molecular formula is C16H19N3O2. The molecule has 0 spiro atoms. The van der Waals surface area contributed by atoms with Crippen molar-refractivity contribution in [2.75, 3.05) is 19.6 Å². The molecule has 0 saturated carbocycles. The van der Waals surface area contributed by atoms with E-state index in [1.165, 1.54) is 0 Å². The minimum absolute atomic E-state index is 0.408. The number of carbonyl (C=O) groups is 2. The summed E-state index contributed by atoms with van der Waals surface area (Å²) in [4.78, 5) is 27.3. The summed E-state index contributed by atoms with van der Waals surface area (Å²) in [5.41, 5.74) is 2.54. The van der Waals surface area contributed by atoms with E-state index in [4.69, 9.17) is 5.26 Å². The van der Waals surface area contributed by atoms with E-state index in [0.717, 1.165) is 17.5 Å². The van der Waals surface area contributed by atoms with Gasteiger partial charge in [0, 0.05) is 26.2 Å². The second-order valence-corrected chi connectivity index (χ2v) is 5.27. The minimum Gasteiger partial charge on any atom is -0.333 e. The third kappa shape index (κ3) is 3.22. The Morgan fingerprint density at radius 2 is 1.86 bits per heavy atom. The number of hydrogen-bond acceptors (Lipinski definition) is 3. The Hall–Kier alpha value is -2.35. The summed E-state index contributed by atoms with van der Waals surface area (Å²) in [6, 6.07) is 7.48. The molecule has 1 aliphatic rings. The molecule has 0 atom stereocenters. The second-order valence-electron chi connectivity index (χ2n) is 5.27. The van der Waals surface area contributed by atoms with Crippen molar-refractivity contribution < 1.29 is 9.59 Å². The summed E-state index contributed by atoms with van der Waals surface area (Å²) in [5, 5.41) is 8.87. The van der Waals surface area contributed by atoms with Gasteiger partial charge < -0.3 is 9.80 Å². The van der Waals surface area contributed by atoms with Gasteiger partial charge in [-0.25, -0.2) is 0 Å². The molecule has 1 aromatic rings. The number of benzene rings is 1. The Morgan fingerprint density at radius 1 is 1.19 bits per heavy atom. The Balaban J connectivity index is 2.09. The highest BCUT2D eigenvalue weighted by atomic mass is 16.2. The highest BCUT2D eigenvalue weighted by Gasteiger charge is 2.31. The standard InChI is InChI=1S/C16H19N3O2/c1-3-6-18-7-8-19(16(21)15(18)20)11-14-5-4-13(10-17)9-12(14)2/h4-5,9H,3,6-8,11H2,1-2H3. The lowest BCUT2D eigenvalue weighted by atomic mass is 10.0. The lowest BCUT2D eigenvalue weighted by Gasteiger charge is -2.33. The van der Waals surface area contributed by atoms with E-state index in [0.29, 0.717) is 31.7 Å². The van der Waals surface area contributed by atoms with Crippen LogP contribution < -0.4 is 0 Å². The lowest BCUT2D eigenvalue weighted by Crippen LogP contribution is -2.54. The first-order chi connectivity index (χ1) is 10.1. The van der Waals surface area contributed by atoms with Crippen molar-refractivity contribution >= 4 is 11.8 Å². The summed E-state index contributed by atoms with van der Waals surface area (Å²) in [6.45, 7) is 6.11. The molecule has 21 heavy (non-hydrogen) atoms. The zero-order valence-corrected chi connectivity index (χ0v) is 12.4. The zero-order valence-electron chi connectivity index (χ0n) is 12.4. The van der Waals surface area contributed by atoms with Gasteiger partial charge >= 0.3 is 11.8 Å². The van der Waals surface area contributed by atoms with Crippen LogP contribution >= 0.6 is 0 Å². The Labute approximate surface area is 124 Å². The number of hydrogen-bond donors (Lipinski definition) is 0. The van der Waals surface area contributed by atoms with Crippen LogP contribution in [0.4, 0.5) is 0 Å². The molecule has 5 nitrogen and oxygen atoms in total. The van der Waals surface area contributed by atoms with Crippen LogP contribution in [0.3, 0.4) is 0 Å². The van der Waals surface area contributed by atoms with Crippen LogP contribution in [0.1, 0.15) is 30.0 Å². The summed E-state index contributed by atoms with van der Waals surface area (Å²) in [7, 11) is 0. The fourth-order valence-corrected chi connectivity index (χ4v) is 2.50. The van der Waals surface area contributed by atoms with Crippen molar-refractivity contribution in [3.8, 4) is 6.07 Å². The second kappa shape index (κ2) is 6.40. The molecule has 0 bridgehead atoms. The Morgan fingerprint density at radius 3 is 2.48 bits per heavy atom. The number of amides is 2. The maximum atomic E-state index is 12.1. The van der Waals surface area contributed by atoms with Crippen LogP contribution in [0.2, 0.25) is 0 Å². The summed E-state index contributed by atoms with van der Waals surface area (Å²) in [5.74, 6) is -0.840. The van der Waals surface area contributed by atoms with Crippen molar-refractivity contribution in [3.05, 3.63) is 34.9 Å². The molecule has 2 rings (SSSR count). The number of aryl methyl sites for hydroxylation is 1. The SMILES string of the molecule is CCCN1CCN(Cc2ccc(C#N)cc2C)C(=O)C1=O. The summed E-state index contributed by atoms with van der Waals surface area (Å²) < 4.78 is 0. The highest BCUT2D eigenvalue weighted by molar-refractivity contribution is 6.35. The molecule has 1 heterocycles. The van der Waals surface area contributed by atoms with Gasteiger partial charge in [-0.3, -0.25) is 9.59 Å². The third-order valence-corrected chi connectivity index (χ3v) is 3.72. The minimum atomic E-state index is -0.432. The van der Waals surface area contributed by atoms with E-state index >= 15 is 0 Å². The first-order valence-corrected chi connectivity index (χ1v) is 7.14. The van der Waals surface area contributed by atoms with E-state index in [2.05, 4.69) is 6.07 Å². The van der Waals surface area contributed by atoms with Gasteiger partial charge in [0.05, 0.1) is 11.6 Å². The first kappa shape index (κ1) is 15.0. The van der Waals surface area contributed by atoms with Crippen LogP contribution in [-0.4, -0.2) is 41.2 Å². The number of carbonyl (C=O) groups excluding carboxylic acids is 2. The summed E-state index contributed by atoms with van der Waals surface area (Å²) in [6.07, 6.45) is 0.855. The summed E-state index contributed by atoms with van der Waals surface area (Å²) >= 11 is 0. The maximum Gasteiger partial charge on any atom is 0.312 e. The van der Waals surface area contributed by atoms with Crippen molar-refractivity contribution in [2.24, 2.45) is 0 Å². The molecule has 2 amide bonds. The molecular weight excluding hydrogens is 266 g/mol. The highest BCUT2D eigenvalue weighted by Crippen LogP contribution is 2.15. The quantitative estimate of drug-likeness (QED) is 0.786. The molecule has 110 valence electrons. The average molecular weight is 285 g/mol. The fraction of sp³-hybridized carbons (Fsp3) is 0.438. The number of nitriles is 1. The van der Waals surface area contributed by atoms with Gasteiger partial charge in [-0.1, -0.05) is 13.0 Å². The average Bonchev–Trinajstić information content (AvgIpc) is 2.48. The van der Waals surface area contributed by atoms with Gasteiger partial charge in [-0.05, 0) is 36.6 Å². The van der Waals surface area contributed by atoms with Crippen molar-refractivity contribution in [3.63, 3.8) is 0 Å². The van der Waals surface area contributed by atoms with E-state index in [1.807, 2.05) is 19.9 Å². The van der Waals surface area contributed by atoms with Gasteiger partial charge in [-0.15, -0.1) is 0 Å². The van der Waals surface area contributed by atoms with Gasteiger partial charge in [0.2, 0.25) is 0 Å². The molecule has 5 heteroatoms. The molecule has 0 unspecified atom stereocenters. The molecule has 0 N–H and O–H groups in total. The molecule has 0 radical (unpaired) electrons.